The van der Waals surface area contributed by atoms with Gasteiger partial charge < -0.3 is 16.4 Å². The molecule has 0 radical (unpaired) electrons. The second-order valence-electron chi connectivity index (χ2n) is 8.92. The number of nitrogens with zero attached hydrogens (tertiary/aromatic N) is 5. The molecule has 14 heteroatoms. The van der Waals surface area contributed by atoms with Crippen molar-refractivity contribution in [2.45, 2.75) is 32.4 Å². The third-order valence-corrected chi connectivity index (χ3v) is 5.79. The Bertz CT molecular complexity index is 1610. The largest absolute Gasteiger partial charge is 0.423 e. The van der Waals surface area contributed by atoms with Gasteiger partial charge in [-0.3, -0.25) is 9.59 Å². The number of carbonyl (C=O) groups is 1. The number of nitrogens with one attached hydrogen (secondary N) is 1. The number of H-pyrrole nitrogens is 1. The minimum absolute atomic E-state index is 0.147. The van der Waals surface area contributed by atoms with Crippen molar-refractivity contribution in [2.24, 2.45) is 4.99 Å². The first kappa shape index (κ1) is 30.7. The highest BCUT2D eigenvalue weighted by atomic mass is 19.4. The number of anilines is 2. The molecule has 2 aromatic carbocycles. The van der Waals surface area contributed by atoms with Gasteiger partial charge in [0.2, 0.25) is 0 Å². The van der Waals surface area contributed by atoms with Gasteiger partial charge >= 0.3 is 6.18 Å². The van der Waals surface area contributed by atoms with Crippen LogP contribution in [0.4, 0.5) is 34.8 Å². The van der Waals surface area contributed by atoms with Gasteiger partial charge in [-0.2, -0.15) is 18.3 Å². The topological polar surface area (TPSA) is 156 Å². The Morgan fingerprint density at radius 3 is 2.49 bits per heavy atom. The lowest BCUT2D eigenvalue weighted by atomic mass is 10.1. The highest BCUT2D eigenvalue weighted by molar-refractivity contribution is 5.90. The minimum atomic E-state index is -4.74. The first-order valence-electron chi connectivity index (χ1n) is 12.4. The van der Waals surface area contributed by atoms with Gasteiger partial charge in [0, 0.05) is 24.5 Å². The first-order valence-corrected chi connectivity index (χ1v) is 12.4. The van der Waals surface area contributed by atoms with Crippen LogP contribution < -0.4 is 17.0 Å². The Kier molecular flexibility index (Phi) is 10.1. The van der Waals surface area contributed by atoms with E-state index >= 15 is 0 Å². The number of aliphatic imine (C=N–C) groups is 1. The van der Waals surface area contributed by atoms with Crippen LogP contribution in [0.1, 0.15) is 42.1 Å². The zero-order valence-electron chi connectivity index (χ0n) is 22.2. The highest BCUT2D eigenvalue weighted by Gasteiger charge is 2.36. The monoisotopic (exact) mass is 572 g/mol. The Balaban J connectivity index is 0.000000322. The molecule has 0 saturated carbocycles. The summed E-state index contributed by atoms with van der Waals surface area (Å²) in [6.07, 6.45) is 1.57. The van der Waals surface area contributed by atoms with Crippen LogP contribution in [-0.2, 0) is 6.18 Å². The molecule has 0 aliphatic carbocycles. The van der Waals surface area contributed by atoms with Gasteiger partial charge in [-0.15, -0.1) is 0 Å². The van der Waals surface area contributed by atoms with Crippen LogP contribution in [0, 0.1) is 5.82 Å². The summed E-state index contributed by atoms with van der Waals surface area (Å²) in [6, 6.07) is 9.91. The maximum atomic E-state index is 14.7. The molecule has 0 bridgehead atoms. The molecule has 0 unspecified atom stereocenters. The van der Waals surface area contributed by atoms with Crippen molar-refractivity contribution in [3.63, 3.8) is 0 Å². The quantitative estimate of drug-likeness (QED) is 0.0877. The molecule has 0 saturated heterocycles. The fraction of sp³-hybridized carbons (Fsp3) is 0.259. The summed E-state index contributed by atoms with van der Waals surface area (Å²) in [6.45, 7) is 3.00. The van der Waals surface area contributed by atoms with Crippen molar-refractivity contribution in [1.82, 2.24) is 25.1 Å². The van der Waals surface area contributed by atoms with Gasteiger partial charge in [-0.05, 0) is 30.7 Å². The van der Waals surface area contributed by atoms with Crippen LogP contribution in [0.5, 0.6) is 0 Å². The van der Waals surface area contributed by atoms with Gasteiger partial charge in [-0.25, -0.2) is 24.4 Å². The number of rotatable bonds is 8. The van der Waals surface area contributed by atoms with Crippen LogP contribution in [-0.4, -0.2) is 51.3 Å². The number of hydrogen-bond donors (Lipinski definition) is 3. The molecule has 216 valence electrons. The fourth-order valence-corrected chi connectivity index (χ4v) is 3.71. The maximum absolute atomic E-state index is 14.7. The van der Waals surface area contributed by atoms with Gasteiger partial charge in [-0.1, -0.05) is 31.9 Å². The molecule has 2 heterocycles. The van der Waals surface area contributed by atoms with E-state index in [1.54, 1.807) is 17.5 Å². The van der Waals surface area contributed by atoms with Crippen molar-refractivity contribution in [3.8, 4) is 11.4 Å². The van der Waals surface area contributed by atoms with Gasteiger partial charge in [0.05, 0.1) is 35.0 Å². The third kappa shape index (κ3) is 7.84. The average molecular weight is 573 g/mol. The number of fused-ring (bicyclic) bond motifs is 1. The number of aromatic amines is 1. The first-order chi connectivity index (χ1) is 19.5. The molecule has 4 rings (SSSR count). The zero-order valence-corrected chi connectivity index (χ0v) is 22.2. The number of aldehydes is 1. The van der Waals surface area contributed by atoms with Crippen LogP contribution >= 0.6 is 0 Å². The highest BCUT2D eigenvalue weighted by Crippen LogP contribution is 2.31. The predicted octanol–water partition coefficient (Wildman–Crippen LogP) is 4.98. The number of alkyl halides is 3. The number of benzene rings is 2. The van der Waals surface area contributed by atoms with Gasteiger partial charge in [0.15, 0.2) is 12.1 Å². The molecule has 0 amide bonds. The van der Waals surface area contributed by atoms with Crippen molar-refractivity contribution in [1.29, 1.82) is 0 Å². The number of halogens is 4. The summed E-state index contributed by atoms with van der Waals surface area (Å²) in [5.41, 5.74) is 8.81. The maximum Gasteiger partial charge on any atom is 0.423 e. The number of hydrogen-bond acceptors (Lipinski definition) is 8. The number of aromatic nitrogens is 4. The average Bonchev–Trinajstić information content (AvgIpc) is 2.92. The second kappa shape index (κ2) is 13.5. The van der Waals surface area contributed by atoms with Crippen molar-refractivity contribution in [2.75, 3.05) is 25.1 Å². The summed E-state index contributed by atoms with van der Waals surface area (Å²) in [5.74, 6) is -0.175. The van der Waals surface area contributed by atoms with Crippen LogP contribution in [0.15, 0.2) is 52.4 Å². The van der Waals surface area contributed by atoms with E-state index in [0.717, 1.165) is 38.1 Å². The summed E-state index contributed by atoms with van der Waals surface area (Å²) >= 11 is 0. The van der Waals surface area contributed by atoms with Gasteiger partial charge in [0.25, 0.3) is 5.56 Å². The van der Waals surface area contributed by atoms with E-state index in [1.807, 2.05) is 30.1 Å². The molecule has 5 N–H and O–H groups in total. The van der Waals surface area contributed by atoms with E-state index in [-0.39, 0.29) is 22.8 Å². The van der Waals surface area contributed by atoms with Crippen LogP contribution in [0.25, 0.3) is 22.3 Å². The van der Waals surface area contributed by atoms with E-state index in [0.29, 0.717) is 22.9 Å². The molecule has 0 aliphatic heterocycles. The van der Waals surface area contributed by atoms with E-state index in [4.69, 9.17) is 11.5 Å². The summed E-state index contributed by atoms with van der Waals surface area (Å²) in [5, 5.41) is 5.44. The van der Waals surface area contributed by atoms with Crippen molar-refractivity contribution >= 4 is 40.7 Å². The number of unbranched alkanes of at least 4 members (excludes halogenated alkanes) is 2. The summed E-state index contributed by atoms with van der Waals surface area (Å²) in [7, 11) is 1.91. The Morgan fingerprint density at radius 2 is 1.85 bits per heavy atom. The number of nitrogens with two attached hydrogens (primary N) is 2. The standard InChI is InChI=1S/C22H24FN5O.C5H4F3N3O/c1-3-4-7-10-28(2)14-25-20-12-17(18(23)11-15(20)13-29)22-26-19-9-6-5-8-16(19)21(24)27-22;6-5(7,8)3-2(9)1-10-11-4(3)12/h5-6,8-9,11-14H,3-4,7,10H2,1-2H3,(H2,24,26,27);1H,(H3,9,11,12). The molecular weight excluding hydrogens is 544 g/mol. The van der Waals surface area contributed by atoms with E-state index in [1.165, 1.54) is 6.07 Å². The molecule has 0 fully saturated rings. The molecule has 10 nitrogen and oxygen atoms in total. The molecule has 4 aromatic rings. The number of para-hydroxylation sites is 1. The lowest BCUT2D eigenvalue weighted by Crippen LogP contribution is -2.24. The van der Waals surface area contributed by atoms with Crippen molar-refractivity contribution in [3.05, 3.63) is 69.9 Å². The Morgan fingerprint density at radius 1 is 1.12 bits per heavy atom. The van der Waals surface area contributed by atoms with E-state index < -0.39 is 28.8 Å². The van der Waals surface area contributed by atoms with Crippen LogP contribution in [0.3, 0.4) is 0 Å². The molecule has 0 spiro atoms. The Hall–Kier alpha value is -4.88. The predicted molar refractivity (Wildman–Crippen MR) is 149 cm³/mol. The fourth-order valence-electron chi connectivity index (χ4n) is 3.71. The summed E-state index contributed by atoms with van der Waals surface area (Å²) in [4.78, 5) is 37.0. The Labute approximate surface area is 232 Å². The van der Waals surface area contributed by atoms with Crippen molar-refractivity contribution < 1.29 is 22.4 Å². The van der Waals surface area contributed by atoms with Gasteiger partial charge in [0.1, 0.15) is 17.2 Å². The minimum Gasteiger partial charge on any atom is -0.397 e. The number of nitrogen functional groups attached to an aromatic ring is 2. The normalized spacial score (nSPS) is 11.4. The lowest BCUT2D eigenvalue weighted by Gasteiger charge is -2.13. The second-order valence-corrected chi connectivity index (χ2v) is 8.92. The molecular formula is C27H28F4N8O2. The van der Waals surface area contributed by atoms with E-state index in [2.05, 4.69) is 27.0 Å². The molecule has 2 aromatic heterocycles. The SMILES string of the molecule is CCCCCN(C)C=Nc1cc(-c2nc(N)c3ccccc3n2)c(F)cc1C=O.Nc1cn[nH]c(=O)c1C(F)(F)F. The molecule has 0 atom stereocenters. The molecule has 41 heavy (non-hydrogen) atoms. The summed E-state index contributed by atoms with van der Waals surface area (Å²) < 4.78 is 50.6. The zero-order chi connectivity index (χ0) is 30.2. The lowest BCUT2D eigenvalue weighted by molar-refractivity contribution is -0.138. The molecule has 0 aliphatic rings. The third-order valence-electron chi connectivity index (χ3n) is 5.79. The van der Waals surface area contributed by atoms with E-state index in [9.17, 15) is 27.2 Å². The van der Waals surface area contributed by atoms with Crippen LogP contribution in [0.2, 0.25) is 0 Å². The number of carbonyl (C=O) groups excluding carboxylic acids is 1. The smallest absolute Gasteiger partial charge is 0.397 e.